The number of phosphoric acid groups is 1. The Labute approximate surface area is 283 Å². The van der Waals surface area contributed by atoms with Crippen LogP contribution < -0.4 is 0 Å². The molecule has 2 N–H and O–H groups in total. The van der Waals surface area contributed by atoms with E-state index in [0.29, 0.717) is 0 Å². The van der Waals surface area contributed by atoms with Gasteiger partial charge in [0.05, 0.1) is 12.9 Å². The average molecular weight is 671 g/mol. The highest BCUT2D eigenvalue weighted by atomic mass is 31.2. The summed E-state index contributed by atoms with van der Waals surface area (Å²) in [5.41, 5.74) is 0. The fraction of sp³-hybridized carbons (Fsp3) is 0.816. The zero-order chi connectivity index (χ0) is 33.8. The lowest BCUT2D eigenvalue weighted by Crippen LogP contribution is -2.27. The zero-order valence-electron chi connectivity index (χ0n) is 29.7. The quantitative estimate of drug-likeness (QED) is 0.0227. The molecule has 0 fully saturated rings. The van der Waals surface area contributed by atoms with Gasteiger partial charge in [-0.05, 0) is 51.0 Å². The van der Waals surface area contributed by atoms with E-state index < -0.39 is 26.5 Å². The topological polar surface area (TPSA) is 102 Å². The van der Waals surface area contributed by atoms with Gasteiger partial charge >= 0.3 is 13.8 Å². The van der Waals surface area contributed by atoms with Gasteiger partial charge in [0.15, 0.2) is 6.10 Å². The molecule has 0 aromatic heterocycles. The predicted molar refractivity (Wildman–Crippen MR) is 193 cm³/mol. The third-order valence-corrected chi connectivity index (χ3v) is 8.49. The van der Waals surface area contributed by atoms with Gasteiger partial charge in [0.25, 0.3) is 0 Å². The van der Waals surface area contributed by atoms with Gasteiger partial charge in [0.1, 0.15) is 6.61 Å². The number of hydrogen-bond acceptors (Lipinski definition) is 5. The second-order valence-corrected chi connectivity index (χ2v) is 13.9. The van der Waals surface area contributed by atoms with Crippen molar-refractivity contribution in [3.05, 3.63) is 36.6 Å². The van der Waals surface area contributed by atoms with Crippen LogP contribution in [0.5, 0.6) is 0 Å². The number of allylic oxidation sites excluding steroid dienone is 5. The number of carbonyl (C=O) groups is 1. The molecule has 0 aliphatic heterocycles. The summed E-state index contributed by atoms with van der Waals surface area (Å²) in [6.07, 6.45) is 42.2. The van der Waals surface area contributed by atoms with Crippen molar-refractivity contribution in [1.82, 2.24) is 0 Å². The molecule has 8 heteroatoms. The van der Waals surface area contributed by atoms with Gasteiger partial charge in [-0.3, -0.25) is 9.32 Å². The molecule has 7 nitrogen and oxygen atoms in total. The normalized spacial score (nSPS) is 13.0. The van der Waals surface area contributed by atoms with E-state index in [0.717, 1.165) is 57.8 Å². The van der Waals surface area contributed by atoms with Crippen LogP contribution in [-0.4, -0.2) is 35.1 Å². The number of hydrogen-bond donors (Lipinski definition) is 2. The van der Waals surface area contributed by atoms with E-state index in [1.54, 1.807) is 6.26 Å². The van der Waals surface area contributed by atoms with Crippen molar-refractivity contribution in [2.75, 3.05) is 13.2 Å². The fourth-order valence-electron chi connectivity index (χ4n) is 5.19. The average Bonchev–Trinajstić information content (AvgIpc) is 3.02. The highest BCUT2D eigenvalue weighted by molar-refractivity contribution is 7.46. The van der Waals surface area contributed by atoms with Crippen LogP contribution in [0.4, 0.5) is 0 Å². The largest absolute Gasteiger partial charge is 0.498 e. The van der Waals surface area contributed by atoms with Gasteiger partial charge in [-0.25, -0.2) is 4.57 Å². The Balaban J connectivity index is 3.90. The van der Waals surface area contributed by atoms with E-state index in [9.17, 15) is 9.36 Å². The maximum Gasteiger partial charge on any atom is 0.469 e. The molecule has 0 aromatic rings. The molecule has 0 saturated heterocycles. The van der Waals surface area contributed by atoms with Gasteiger partial charge in [-0.1, -0.05) is 154 Å². The summed E-state index contributed by atoms with van der Waals surface area (Å²) in [5, 5.41) is 0. The van der Waals surface area contributed by atoms with Gasteiger partial charge < -0.3 is 19.3 Å². The number of carbonyl (C=O) groups excluding carboxylic acids is 1. The van der Waals surface area contributed by atoms with Gasteiger partial charge in [0, 0.05) is 6.42 Å². The van der Waals surface area contributed by atoms with Crippen molar-refractivity contribution < 1.29 is 33.1 Å². The van der Waals surface area contributed by atoms with Gasteiger partial charge in [0.2, 0.25) is 0 Å². The first-order valence-electron chi connectivity index (χ1n) is 18.8. The van der Waals surface area contributed by atoms with Crippen LogP contribution in [0.15, 0.2) is 36.6 Å². The number of ether oxygens (including phenoxy) is 2. The molecule has 0 aromatic carbocycles. The molecule has 0 aliphatic carbocycles. The highest BCUT2D eigenvalue weighted by Crippen LogP contribution is 2.35. The first kappa shape index (κ1) is 44.6. The number of esters is 1. The Morgan fingerprint density at radius 1 is 0.587 bits per heavy atom. The summed E-state index contributed by atoms with van der Waals surface area (Å²) in [5.74, 6) is -0.399. The van der Waals surface area contributed by atoms with E-state index in [4.69, 9.17) is 19.3 Å². The summed E-state index contributed by atoms with van der Waals surface area (Å²) < 4.78 is 26.7. The Morgan fingerprint density at radius 3 is 1.57 bits per heavy atom. The van der Waals surface area contributed by atoms with Crippen LogP contribution in [0.3, 0.4) is 0 Å². The molecular weight excluding hydrogens is 599 g/mol. The summed E-state index contributed by atoms with van der Waals surface area (Å²) in [4.78, 5) is 30.4. The second-order valence-electron chi connectivity index (χ2n) is 12.6. The molecule has 0 rings (SSSR count). The van der Waals surface area contributed by atoms with Crippen molar-refractivity contribution in [1.29, 1.82) is 0 Å². The van der Waals surface area contributed by atoms with E-state index in [2.05, 4.69) is 42.7 Å². The van der Waals surface area contributed by atoms with Crippen LogP contribution >= 0.6 is 7.82 Å². The Kier molecular flexibility index (Phi) is 33.9. The lowest BCUT2D eigenvalue weighted by molar-refractivity contribution is -0.153. The molecule has 0 spiro atoms. The molecule has 0 unspecified atom stereocenters. The molecule has 1 atom stereocenters. The fourth-order valence-corrected chi connectivity index (χ4v) is 5.55. The molecule has 270 valence electrons. The van der Waals surface area contributed by atoms with Crippen LogP contribution in [0.25, 0.3) is 0 Å². The van der Waals surface area contributed by atoms with Gasteiger partial charge in [-0.15, -0.1) is 0 Å². The number of rotatable bonds is 35. The second kappa shape index (κ2) is 34.9. The zero-order valence-corrected chi connectivity index (χ0v) is 30.6. The first-order valence-corrected chi connectivity index (χ1v) is 20.4. The van der Waals surface area contributed by atoms with Crippen molar-refractivity contribution >= 4 is 13.8 Å². The molecule has 0 heterocycles. The van der Waals surface area contributed by atoms with E-state index in [1.165, 1.54) is 103 Å². The third-order valence-electron chi connectivity index (χ3n) is 8.01. The van der Waals surface area contributed by atoms with Crippen molar-refractivity contribution in [3.8, 4) is 0 Å². The summed E-state index contributed by atoms with van der Waals surface area (Å²) in [6.45, 7) is 4.05. The molecule has 0 aliphatic rings. The maximum absolute atomic E-state index is 12.3. The standard InChI is InChI=1S/C38H71O7P/c1-3-5-7-9-11-13-15-17-19-20-22-24-26-28-30-32-34-43-35-37(36-44-46(40,41)42)45-38(39)33-31-29-27-25-23-21-18-16-14-12-10-8-6-4-2/h10,12,16,18,32,34,37H,3-9,11,13-15,17,19-31,33,35-36H2,1-2H3,(H2,40,41,42)/b12-10-,18-16-,34-32-/t37-/m1/s1. The summed E-state index contributed by atoms with van der Waals surface area (Å²) in [6, 6.07) is 0. The van der Waals surface area contributed by atoms with Crippen LogP contribution in [-0.2, 0) is 23.4 Å². The first-order chi connectivity index (χ1) is 22.4. The molecule has 0 radical (unpaired) electrons. The van der Waals surface area contributed by atoms with E-state index >= 15 is 0 Å². The maximum atomic E-state index is 12.3. The molecule has 0 amide bonds. The minimum atomic E-state index is -4.67. The van der Waals surface area contributed by atoms with Crippen LogP contribution in [0.1, 0.15) is 181 Å². The van der Waals surface area contributed by atoms with Crippen molar-refractivity contribution in [3.63, 3.8) is 0 Å². The molecular formula is C38H71O7P. The van der Waals surface area contributed by atoms with Crippen LogP contribution in [0, 0.1) is 0 Å². The smallest absolute Gasteiger partial charge is 0.469 e. The lowest BCUT2D eigenvalue weighted by Gasteiger charge is -2.18. The van der Waals surface area contributed by atoms with Crippen LogP contribution in [0.2, 0.25) is 0 Å². The Morgan fingerprint density at radius 2 is 1.04 bits per heavy atom. The Hall–Kier alpha value is -1.40. The van der Waals surface area contributed by atoms with Crippen molar-refractivity contribution in [2.24, 2.45) is 0 Å². The van der Waals surface area contributed by atoms with Gasteiger partial charge in [-0.2, -0.15) is 0 Å². The minimum absolute atomic E-state index is 0.0109. The molecule has 0 bridgehead atoms. The highest BCUT2D eigenvalue weighted by Gasteiger charge is 2.21. The minimum Gasteiger partial charge on any atom is -0.498 e. The predicted octanol–water partition coefficient (Wildman–Crippen LogP) is 11.8. The van der Waals surface area contributed by atoms with Crippen molar-refractivity contribution in [2.45, 2.75) is 187 Å². The van der Waals surface area contributed by atoms with E-state index in [-0.39, 0.29) is 13.0 Å². The SMILES string of the molecule is CCCC/C=C\C/C=C\CCCCCCCC(=O)O[C@H](CO/C=C\CCCCCCCCCCCCCCCC)COP(=O)(O)O. The summed E-state index contributed by atoms with van der Waals surface area (Å²) >= 11 is 0. The van der Waals surface area contributed by atoms with E-state index in [1.807, 2.05) is 6.08 Å². The lowest BCUT2D eigenvalue weighted by atomic mass is 10.0. The summed E-state index contributed by atoms with van der Waals surface area (Å²) in [7, 11) is -4.67. The monoisotopic (exact) mass is 670 g/mol. The third kappa shape index (κ3) is 37.1. The molecule has 0 saturated carbocycles. The number of unbranched alkanes of at least 4 members (excludes halogenated alkanes) is 21. The Bertz CT molecular complexity index is 790. The number of phosphoric ester groups is 1. The molecule has 46 heavy (non-hydrogen) atoms.